The van der Waals surface area contributed by atoms with Gasteiger partial charge in [0.05, 0.1) is 16.1 Å². The van der Waals surface area contributed by atoms with Gasteiger partial charge in [-0.1, -0.05) is 23.9 Å². The molecule has 3 nitrogen and oxygen atoms in total. The van der Waals surface area contributed by atoms with E-state index in [4.69, 9.17) is 12.2 Å². The summed E-state index contributed by atoms with van der Waals surface area (Å²) in [4.78, 5) is 7.41. The van der Waals surface area contributed by atoms with Crippen LogP contribution in [0.5, 0.6) is 0 Å². The Labute approximate surface area is 136 Å². The van der Waals surface area contributed by atoms with Crippen molar-refractivity contribution in [2.24, 2.45) is 0 Å². The Morgan fingerprint density at radius 2 is 2.00 bits per heavy atom. The van der Waals surface area contributed by atoms with Crippen LogP contribution in [0.25, 0.3) is 10.2 Å². The normalized spacial score (nSPS) is 12.0. The van der Waals surface area contributed by atoms with E-state index in [9.17, 15) is 13.2 Å². The van der Waals surface area contributed by atoms with Crippen LogP contribution in [0.2, 0.25) is 0 Å². The highest BCUT2D eigenvalue weighted by Crippen LogP contribution is 2.30. The lowest BCUT2D eigenvalue weighted by Gasteiger charge is -2.07. The molecule has 2 heterocycles. The Morgan fingerprint density at radius 1 is 1.23 bits per heavy atom. The molecule has 0 amide bonds. The molecule has 1 aromatic carbocycles. The summed E-state index contributed by atoms with van der Waals surface area (Å²) < 4.78 is 41.5. The second-order valence-corrected chi connectivity index (χ2v) is 6.85. The van der Waals surface area contributed by atoms with Crippen molar-refractivity contribution in [2.45, 2.75) is 17.2 Å². The maximum Gasteiger partial charge on any atom is 0.433 e. The number of benzene rings is 1. The van der Waals surface area contributed by atoms with Crippen molar-refractivity contribution in [3.05, 3.63) is 46.2 Å². The van der Waals surface area contributed by atoms with Gasteiger partial charge in [-0.15, -0.1) is 11.3 Å². The summed E-state index contributed by atoms with van der Waals surface area (Å²) in [5.74, 6) is 0.365. The first kappa shape index (κ1) is 15.4. The fourth-order valence-corrected chi connectivity index (χ4v) is 4.12. The Hall–Kier alpha value is -1.45. The molecule has 3 aromatic rings. The van der Waals surface area contributed by atoms with Gasteiger partial charge in [0.1, 0.15) is 5.69 Å². The van der Waals surface area contributed by atoms with Gasteiger partial charge in [-0.25, -0.2) is 9.97 Å². The number of alkyl halides is 3. The summed E-state index contributed by atoms with van der Waals surface area (Å²) in [5, 5.41) is 0.0759. The van der Waals surface area contributed by atoms with Gasteiger partial charge >= 0.3 is 6.18 Å². The van der Waals surface area contributed by atoms with Crippen molar-refractivity contribution >= 4 is 45.5 Å². The lowest BCUT2D eigenvalue weighted by atomic mass is 10.3. The number of thioether (sulfide) groups is 1. The zero-order valence-corrected chi connectivity index (χ0v) is 13.3. The molecule has 0 bridgehead atoms. The Balaban J connectivity index is 1.86. The standard InChI is InChI=1S/C13H8F3N3S3/c14-13(15,16)10-5-6-17-11(18-10)21-7-19-8-3-1-2-4-9(8)22-12(19)20/h1-6H,7H2. The van der Waals surface area contributed by atoms with Crippen LogP contribution in [0.3, 0.4) is 0 Å². The molecule has 0 N–H and O–H groups in total. The van der Waals surface area contributed by atoms with Gasteiger partial charge in [0.15, 0.2) is 9.11 Å². The second kappa shape index (κ2) is 5.98. The number of rotatable bonds is 3. The topological polar surface area (TPSA) is 30.7 Å². The molecular formula is C13H8F3N3S3. The van der Waals surface area contributed by atoms with Crippen LogP contribution in [-0.2, 0) is 12.1 Å². The minimum absolute atomic E-state index is 0.0759. The molecule has 9 heteroatoms. The number of nitrogens with zero attached hydrogens (tertiary/aromatic N) is 3. The van der Waals surface area contributed by atoms with Crippen molar-refractivity contribution in [1.29, 1.82) is 0 Å². The van der Waals surface area contributed by atoms with Crippen molar-refractivity contribution < 1.29 is 13.2 Å². The molecule has 0 unspecified atom stereocenters. The zero-order valence-electron chi connectivity index (χ0n) is 10.9. The third-order valence-corrected chi connectivity index (χ3v) is 5.09. The van der Waals surface area contributed by atoms with Gasteiger partial charge in [-0.3, -0.25) is 0 Å². The monoisotopic (exact) mass is 359 g/mol. The van der Waals surface area contributed by atoms with E-state index in [0.29, 0.717) is 9.83 Å². The number of thiazole rings is 1. The van der Waals surface area contributed by atoms with Crippen LogP contribution in [0, 0.1) is 3.95 Å². The molecule has 0 atom stereocenters. The Morgan fingerprint density at radius 3 is 2.77 bits per heavy atom. The predicted octanol–water partition coefficient (Wildman–Crippen LogP) is 4.99. The molecule has 22 heavy (non-hydrogen) atoms. The fraction of sp³-hybridized carbons (Fsp3) is 0.154. The molecule has 0 spiro atoms. The first-order chi connectivity index (χ1) is 10.4. The minimum atomic E-state index is -4.47. The lowest BCUT2D eigenvalue weighted by Crippen LogP contribution is -2.09. The smallest absolute Gasteiger partial charge is 0.313 e. The number of fused-ring (bicyclic) bond motifs is 1. The predicted molar refractivity (Wildman–Crippen MR) is 83.5 cm³/mol. The average Bonchev–Trinajstić information content (AvgIpc) is 2.80. The van der Waals surface area contributed by atoms with E-state index < -0.39 is 11.9 Å². The zero-order chi connectivity index (χ0) is 15.7. The molecule has 0 aliphatic rings. The fourth-order valence-electron chi connectivity index (χ4n) is 1.83. The SMILES string of the molecule is FC(F)(F)c1ccnc(SCn2c(=S)sc3ccccc32)n1. The molecule has 0 fully saturated rings. The van der Waals surface area contributed by atoms with E-state index in [2.05, 4.69) is 9.97 Å². The van der Waals surface area contributed by atoms with Crippen molar-refractivity contribution in [3.8, 4) is 0 Å². The van der Waals surface area contributed by atoms with Crippen LogP contribution >= 0.6 is 35.3 Å². The Bertz CT molecular complexity index is 870. The van der Waals surface area contributed by atoms with Crippen molar-refractivity contribution in [2.75, 3.05) is 0 Å². The van der Waals surface area contributed by atoms with Crippen LogP contribution in [-0.4, -0.2) is 14.5 Å². The second-order valence-electron chi connectivity index (χ2n) is 4.26. The molecular weight excluding hydrogens is 351 g/mol. The number of hydrogen-bond acceptors (Lipinski definition) is 5. The summed E-state index contributed by atoms with van der Waals surface area (Å²) >= 11 is 7.88. The minimum Gasteiger partial charge on any atom is -0.313 e. The van der Waals surface area contributed by atoms with Gasteiger partial charge in [-0.05, 0) is 30.4 Å². The van der Waals surface area contributed by atoms with Crippen LogP contribution in [0.15, 0.2) is 41.7 Å². The summed E-state index contributed by atoms with van der Waals surface area (Å²) in [6.45, 7) is 0. The van der Waals surface area contributed by atoms with Crippen LogP contribution in [0.4, 0.5) is 13.2 Å². The molecule has 114 valence electrons. The van der Waals surface area contributed by atoms with E-state index in [-0.39, 0.29) is 5.16 Å². The van der Waals surface area contributed by atoms with Gasteiger partial charge in [0.25, 0.3) is 0 Å². The first-order valence-corrected chi connectivity index (χ1v) is 8.27. The number of hydrogen-bond donors (Lipinski definition) is 0. The highest BCUT2D eigenvalue weighted by Gasteiger charge is 2.32. The molecule has 0 saturated heterocycles. The van der Waals surface area contributed by atoms with E-state index in [1.807, 2.05) is 28.8 Å². The van der Waals surface area contributed by atoms with Crippen LogP contribution < -0.4 is 0 Å². The third kappa shape index (κ3) is 3.16. The quantitative estimate of drug-likeness (QED) is 0.374. The number of halogens is 3. The summed E-state index contributed by atoms with van der Waals surface area (Å²) in [6.07, 6.45) is -3.35. The van der Waals surface area contributed by atoms with E-state index in [1.165, 1.54) is 11.3 Å². The first-order valence-electron chi connectivity index (χ1n) is 6.06. The molecule has 0 aliphatic carbocycles. The van der Waals surface area contributed by atoms with E-state index >= 15 is 0 Å². The van der Waals surface area contributed by atoms with Gasteiger partial charge in [-0.2, -0.15) is 13.2 Å². The molecule has 0 saturated carbocycles. The van der Waals surface area contributed by atoms with Gasteiger partial charge in [0.2, 0.25) is 0 Å². The molecule has 3 rings (SSSR count). The maximum atomic E-state index is 12.6. The van der Waals surface area contributed by atoms with Crippen molar-refractivity contribution in [1.82, 2.24) is 14.5 Å². The average molecular weight is 359 g/mol. The highest BCUT2D eigenvalue weighted by atomic mass is 32.2. The third-order valence-electron chi connectivity index (χ3n) is 2.82. The highest BCUT2D eigenvalue weighted by molar-refractivity contribution is 7.98. The maximum absolute atomic E-state index is 12.6. The summed E-state index contributed by atoms with van der Waals surface area (Å²) in [6, 6.07) is 8.55. The molecule has 0 aliphatic heterocycles. The van der Waals surface area contributed by atoms with E-state index in [0.717, 1.165) is 34.2 Å². The van der Waals surface area contributed by atoms with Gasteiger partial charge < -0.3 is 4.57 Å². The molecule has 2 aromatic heterocycles. The van der Waals surface area contributed by atoms with Gasteiger partial charge in [0, 0.05) is 6.20 Å². The lowest BCUT2D eigenvalue weighted by molar-refractivity contribution is -0.141. The summed E-state index contributed by atoms with van der Waals surface area (Å²) in [5.41, 5.74) is 0.0146. The largest absolute Gasteiger partial charge is 0.433 e. The van der Waals surface area contributed by atoms with Crippen molar-refractivity contribution in [3.63, 3.8) is 0 Å². The van der Waals surface area contributed by atoms with E-state index in [1.54, 1.807) is 0 Å². The molecule has 0 radical (unpaired) electrons. The van der Waals surface area contributed by atoms with Crippen LogP contribution in [0.1, 0.15) is 5.69 Å². The number of para-hydroxylation sites is 1. The Kier molecular flexibility index (Phi) is 4.20. The summed E-state index contributed by atoms with van der Waals surface area (Å²) in [7, 11) is 0. The number of aromatic nitrogens is 3.